The molecule has 6 heteroatoms. The molecule has 110 valence electrons. The predicted octanol–water partition coefficient (Wildman–Crippen LogP) is 3.46. The van der Waals surface area contributed by atoms with Gasteiger partial charge in [-0.2, -0.15) is 4.98 Å². The zero-order valence-corrected chi connectivity index (χ0v) is 11.7. The van der Waals surface area contributed by atoms with E-state index in [0.717, 1.165) is 18.4 Å². The lowest BCUT2D eigenvalue weighted by molar-refractivity contribution is 0.102. The van der Waals surface area contributed by atoms with Crippen molar-refractivity contribution in [2.75, 3.05) is 5.32 Å². The largest absolute Gasteiger partial charge is 0.472 e. The van der Waals surface area contributed by atoms with E-state index in [1.807, 2.05) is 24.3 Å². The van der Waals surface area contributed by atoms with Crippen molar-refractivity contribution in [3.8, 4) is 11.4 Å². The van der Waals surface area contributed by atoms with E-state index in [1.165, 1.54) is 12.5 Å². The molecule has 0 atom stereocenters. The van der Waals surface area contributed by atoms with E-state index in [4.69, 9.17) is 8.94 Å². The normalized spacial score (nSPS) is 14.0. The maximum absolute atomic E-state index is 12.0. The van der Waals surface area contributed by atoms with Gasteiger partial charge in [-0.25, -0.2) is 0 Å². The number of anilines is 1. The van der Waals surface area contributed by atoms with Crippen molar-refractivity contribution in [3.63, 3.8) is 0 Å². The van der Waals surface area contributed by atoms with E-state index in [9.17, 15) is 4.79 Å². The molecule has 1 N–H and O–H groups in total. The number of carbonyl (C=O) groups excluding carboxylic acids is 1. The average Bonchev–Trinajstić information content (AvgIpc) is 3.06. The number of rotatable bonds is 4. The first-order valence-corrected chi connectivity index (χ1v) is 7.07. The minimum Gasteiger partial charge on any atom is -0.472 e. The quantitative estimate of drug-likeness (QED) is 0.797. The number of furan rings is 1. The standard InChI is InChI=1S/C16H13N3O3/c20-15(12-6-7-21-9-12)17-13-3-1-2-11(8-13)14-18-16(22-19-14)10-4-5-10/h1-3,6-10H,4-5H2,(H,17,20). The van der Waals surface area contributed by atoms with Crippen molar-refractivity contribution in [2.45, 2.75) is 18.8 Å². The number of aromatic nitrogens is 2. The molecule has 0 aliphatic heterocycles. The summed E-state index contributed by atoms with van der Waals surface area (Å²) in [5, 5.41) is 6.82. The van der Waals surface area contributed by atoms with E-state index in [2.05, 4.69) is 15.5 Å². The molecular weight excluding hydrogens is 282 g/mol. The van der Waals surface area contributed by atoms with Crippen molar-refractivity contribution in [3.05, 3.63) is 54.3 Å². The molecular formula is C16H13N3O3. The SMILES string of the molecule is O=C(Nc1cccc(-c2noc(C3CC3)n2)c1)c1ccoc1. The van der Waals surface area contributed by atoms with Gasteiger partial charge in [-0.15, -0.1) is 0 Å². The van der Waals surface area contributed by atoms with Crippen LogP contribution < -0.4 is 5.32 Å². The smallest absolute Gasteiger partial charge is 0.258 e. The van der Waals surface area contributed by atoms with Gasteiger partial charge in [0.25, 0.3) is 5.91 Å². The van der Waals surface area contributed by atoms with Crippen LogP contribution in [0.4, 0.5) is 5.69 Å². The fraction of sp³-hybridized carbons (Fsp3) is 0.188. The summed E-state index contributed by atoms with van der Waals surface area (Å²) in [6, 6.07) is 8.96. The summed E-state index contributed by atoms with van der Waals surface area (Å²) in [7, 11) is 0. The second-order valence-corrected chi connectivity index (χ2v) is 5.28. The Kier molecular flexibility index (Phi) is 3.00. The highest BCUT2D eigenvalue weighted by molar-refractivity contribution is 6.04. The molecule has 1 saturated carbocycles. The Morgan fingerprint density at radius 2 is 2.18 bits per heavy atom. The lowest BCUT2D eigenvalue weighted by Crippen LogP contribution is -2.10. The zero-order valence-electron chi connectivity index (χ0n) is 11.7. The van der Waals surface area contributed by atoms with Gasteiger partial charge >= 0.3 is 0 Å². The Labute approximate surface area is 126 Å². The summed E-state index contributed by atoms with van der Waals surface area (Å²) in [6.45, 7) is 0. The Hall–Kier alpha value is -2.89. The van der Waals surface area contributed by atoms with Gasteiger partial charge in [0.15, 0.2) is 0 Å². The molecule has 0 unspecified atom stereocenters. The molecule has 0 spiro atoms. The van der Waals surface area contributed by atoms with Gasteiger partial charge in [0.1, 0.15) is 6.26 Å². The van der Waals surface area contributed by atoms with E-state index in [0.29, 0.717) is 28.9 Å². The summed E-state index contributed by atoms with van der Waals surface area (Å²) in [5.41, 5.74) is 1.95. The maximum Gasteiger partial charge on any atom is 0.258 e. The Bertz CT molecular complexity index is 804. The van der Waals surface area contributed by atoms with Crippen LogP contribution in [0.5, 0.6) is 0 Å². The second-order valence-electron chi connectivity index (χ2n) is 5.28. The Balaban J connectivity index is 1.55. The molecule has 22 heavy (non-hydrogen) atoms. The van der Waals surface area contributed by atoms with Crippen LogP contribution in [0.25, 0.3) is 11.4 Å². The van der Waals surface area contributed by atoms with Crippen molar-refractivity contribution in [2.24, 2.45) is 0 Å². The fourth-order valence-corrected chi connectivity index (χ4v) is 2.18. The molecule has 3 aromatic rings. The summed E-state index contributed by atoms with van der Waals surface area (Å²) in [4.78, 5) is 16.4. The molecule has 2 heterocycles. The minimum atomic E-state index is -0.224. The molecule has 0 saturated heterocycles. The van der Waals surface area contributed by atoms with Gasteiger partial charge in [-0.05, 0) is 31.0 Å². The van der Waals surface area contributed by atoms with E-state index < -0.39 is 0 Å². The molecule has 1 aliphatic rings. The average molecular weight is 295 g/mol. The third-order valence-corrected chi connectivity index (χ3v) is 3.53. The van der Waals surface area contributed by atoms with E-state index in [1.54, 1.807) is 6.07 Å². The first-order chi connectivity index (χ1) is 10.8. The van der Waals surface area contributed by atoms with Gasteiger partial charge in [0, 0.05) is 17.2 Å². The summed E-state index contributed by atoms with van der Waals surface area (Å²) in [6.07, 6.45) is 5.09. The lowest BCUT2D eigenvalue weighted by Gasteiger charge is -2.04. The van der Waals surface area contributed by atoms with Crippen molar-refractivity contribution >= 4 is 11.6 Å². The summed E-state index contributed by atoms with van der Waals surface area (Å²) < 4.78 is 10.2. The van der Waals surface area contributed by atoms with Crippen LogP contribution >= 0.6 is 0 Å². The van der Waals surface area contributed by atoms with Crippen LogP contribution in [-0.2, 0) is 0 Å². The van der Waals surface area contributed by atoms with Gasteiger partial charge in [-0.3, -0.25) is 4.79 Å². The van der Waals surface area contributed by atoms with Gasteiger partial charge < -0.3 is 14.3 Å². The highest BCUT2D eigenvalue weighted by Crippen LogP contribution is 2.39. The Morgan fingerprint density at radius 3 is 2.95 bits per heavy atom. The second kappa shape index (κ2) is 5.14. The van der Waals surface area contributed by atoms with E-state index >= 15 is 0 Å². The molecule has 1 fully saturated rings. The number of nitrogens with one attached hydrogen (secondary N) is 1. The number of nitrogens with zero attached hydrogens (tertiary/aromatic N) is 2. The van der Waals surface area contributed by atoms with Crippen molar-refractivity contribution in [1.82, 2.24) is 10.1 Å². The van der Waals surface area contributed by atoms with Crippen LogP contribution in [-0.4, -0.2) is 16.0 Å². The van der Waals surface area contributed by atoms with Crippen molar-refractivity contribution < 1.29 is 13.7 Å². The van der Waals surface area contributed by atoms with Gasteiger partial charge in [-0.1, -0.05) is 17.3 Å². The van der Waals surface area contributed by atoms with Crippen LogP contribution in [0.1, 0.15) is 35.0 Å². The first-order valence-electron chi connectivity index (χ1n) is 7.07. The first kappa shape index (κ1) is 12.8. The van der Waals surface area contributed by atoms with Gasteiger partial charge in [0.2, 0.25) is 11.7 Å². The zero-order chi connectivity index (χ0) is 14.9. The topological polar surface area (TPSA) is 81.2 Å². The van der Waals surface area contributed by atoms with Crippen molar-refractivity contribution in [1.29, 1.82) is 0 Å². The highest BCUT2D eigenvalue weighted by Gasteiger charge is 2.29. The summed E-state index contributed by atoms with van der Waals surface area (Å²) >= 11 is 0. The molecule has 0 radical (unpaired) electrons. The molecule has 1 aliphatic carbocycles. The molecule has 4 rings (SSSR count). The highest BCUT2D eigenvalue weighted by atomic mass is 16.5. The maximum atomic E-state index is 12.0. The molecule has 1 aromatic carbocycles. The minimum absolute atomic E-state index is 0.224. The molecule has 6 nitrogen and oxygen atoms in total. The lowest BCUT2D eigenvalue weighted by atomic mass is 10.2. The third kappa shape index (κ3) is 2.50. The summed E-state index contributed by atoms with van der Waals surface area (Å²) in [5.74, 6) is 1.44. The number of carbonyl (C=O) groups is 1. The van der Waals surface area contributed by atoms with E-state index in [-0.39, 0.29) is 5.91 Å². The molecule has 0 bridgehead atoms. The Morgan fingerprint density at radius 1 is 1.27 bits per heavy atom. The van der Waals surface area contributed by atoms with Gasteiger partial charge in [0.05, 0.1) is 11.8 Å². The fourth-order valence-electron chi connectivity index (χ4n) is 2.18. The van der Waals surface area contributed by atoms with Crippen LogP contribution in [0.2, 0.25) is 0 Å². The monoisotopic (exact) mass is 295 g/mol. The number of hydrogen-bond donors (Lipinski definition) is 1. The predicted molar refractivity (Wildman–Crippen MR) is 78.4 cm³/mol. The molecule has 2 aromatic heterocycles. The number of benzene rings is 1. The van der Waals surface area contributed by atoms with Crippen LogP contribution in [0.15, 0.2) is 51.8 Å². The number of amides is 1. The number of hydrogen-bond acceptors (Lipinski definition) is 5. The van der Waals surface area contributed by atoms with Crippen LogP contribution in [0.3, 0.4) is 0 Å². The molecule has 1 amide bonds. The third-order valence-electron chi connectivity index (χ3n) is 3.53. The van der Waals surface area contributed by atoms with Crippen LogP contribution in [0, 0.1) is 0 Å².